The van der Waals surface area contributed by atoms with Crippen LogP contribution in [0.25, 0.3) is 32.8 Å². The Labute approximate surface area is 102 Å². The lowest BCUT2D eigenvalue weighted by Crippen LogP contribution is -1.81. The zero-order valence-corrected chi connectivity index (χ0v) is 9.41. The van der Waals surface area contributed by atoms with Gasteiger partial charge in [-0.1, -0.05) is 0 Å². The summed E-state index contributed by atoms with van der Waals surface area (Å²) < 4.78 is 0. The summed E-state index contributed by atoms with van der Waals surface area (Å²) in [7, 11) is 0. The first-order valence-electron chi connectivity index (χ1n) is 5.67. The second-order valence-corrected chi connectivity index (χ2v) is 4.08. The Bertz CT molecular complexity index is 881. The Hall–Kier alpha value is -2.62. The monoisotopic (exact) mass is 232 g/mol. The Kier molecular flexibility index (Phi) is 1.80. The van der Waals surface area contributed by atoms with Gasteiger partial charge in [0.25, 0.3) is 0 Å². The van der Waals surface area contributed by atoms with Crippen molar-refractivity contribution in [3.8, 4) is 0 Å². The lowest BCUT2D eigenvalue weighted by Gasteiger charge is -2.00. The van der Waals surface area contributed by atoms with E-state index in [4.69, 9.17) is 0 Å². The summed E-state index contributed by atoms with van der Waals surface area (Å²) in [5, 5.41) is 2.13. The summed E-state index contributed by atoms with van der Waals surface area (Å²) in [6, 6.07) is 9.83. The Morgan fingerprint density at radius 1 is 0.611 bits per heavy atom. The minimum Gasteiger partial charge on any atom is -0.255 e. The van der Waals surface area contributed by atoms with Crippen LogP contribution in [-0.2, 0) is 0 Å². The van der Waals surface area contributed by atoms with Crippen molar-refractivity contribution in [2.75, 3.05) is 0 Å². The molecule has 0 atom stereocenters. The molecule has 0 spiro atoms. The summed E-state index contributed by atoms with van der Waals surface area (Å²) >= 11 is 0. The molecule has 2 aromatic carbocycles. The highest BCUT2D eigenvalue weighted by Gasteiger charge is 2.07. The molecule has 0 aliphatic heterocycles. The number of fused-ring (bicyclic) bond motifs is 5. The fraction of sp³-hybridized carbons (Fsp3) is 0. The lowest BCUT2D eigenvalue weighted by molar-refractivity contribution is 1.35. The molecule has 2 aromatic heterocycles. The smallest absolute Gasteiger partial charge is 0.116 e. The summed E-state index contributed by atoms with van der Waals surface area (Å²) in [6.45, 7) is 0. The van der Waals surface area contributed by atoms with Gasteiger partial charge in [-0.05, 0) is 30.3 Å². The van der Waals surface area contributed by atoms with Gasteiger partial charge in [0, 0.05) is 23.2 Å². The SMILES string of the molecule is c1cnc2ccc3c(ccc4ncnc43)c2nc1. The van der Waals surface area contributed by atoms with Crippen molar-refractivity contribution in [2.24, 2.45) is 0 Å². The molecule has 0 saturated heterocycles. The molecular weight excluding hydrogens is 224 g/mol. The van der Waals surface area contributed by atoms with Crippen LogP contribution in [0.2, 0.25) is 0 Å². The van der Waals surface area contributed by atoms with Gasteiger partial charge in [0.1, 0.15) is 6.33 Å². The Morgan fingerprint density at radius 2 is 1.28 bits per heavy atom. The molecule has 84 valence electrons. The van der Waals surface area contributed by atoms with Crippen LogP contribution in [0.5, 0.6) is 0 Å². The average molecular weight is 232 g/mol. The summed E-state index contributed by atoms with van der Waals surface area (Å²) in [5.74, 6) is 0. The number of hydrogen-bond donors (Lipinski definition) is 0. The van der Waals surface area contributed by atoms with Gasteiger partial charge in [0.15, 0.2) is 0 Å². The number of benzene rings is 2. The molecule has 0 fully saturated rings. The second kappa shape index (κ2) is 3.43. The predicted octanol–water partition coefficient (Wildman–Crippen LogP) is 2.73. The molecule has 4 heteroatoms. The largest absolute Gasteiger partial charge is 0.255 e. The van der Waals surface area contributed by atoms with Crippen molar-refractivity contribution in [3.63, 3.8) is 0 Å². The van der Waals surface area contributed by atoms with Crippen molar-refractivity contribution < 1.29 is 0 Å². The van der Waals surface area contributed by atoms with E-state index in [1.807, 2.05) is 30.3 Å². The molecule has 0 aliphatic carbocycles. The predicted molar refractivity (Wildman–Crippen MR) is 70.1 cm³/mol. The molecule has 0 bridgehead atoms. The number of aromatic nitrogens is 4. The fourth-order valence-corrected chi connectivity index (χ4v) is 2.26. The van der Waals surface area contributed by atoms with Crippen molar-refractivity contribution in [1.82, 2.24) is 19.9 Å². The minimum atomic E-state index is 0.881. The van der Waals surface area contributed by atoms with Gasteiger partial charge in [0.2, 0.25) is 0 Å². The molecule has 0 saturated carbocycles. The van der Waals surface area contributed by atoms with Gasteiger partial charge in [-0.2, -0.15) is 0 Å². The molecule has 4 aromatic rings. The average Bonchev–Trinajstić information content (AvgIpc) is 2.75. The van der Waals surface area contributed by atoms with E-state index in [0.29, 0.717) is 0 Å². The van der Waals surface area contributed by atoms with Gasteiger partial charge in [-0.3, -0.25) is 9.97 Å². The van der Waals surface area contributed by atoms with E-state index in [2.05, 4.69) is 19.9 Å². The molecular formula is C14H8N4. The standard InChI is InChI=1S/C14H8N4/c1-6-15-11-4-2-10-9(13(11)16-7-1)3-5-12-14(10)18-8-17-12/h1-8H. The van der Waals surface area contributed by atoms with Crippen LogP contribution in [0.4, 0.5) is 0 Å². The Balaban J connectivity index is 2.33. The van der Waals surface area contributed by atoms with E-state index < -0.39 is 0 Å². The second-order valence-electron chi connectivity index (χ2n) is 4.08. The first kappa shape index (κ1) is 9.41. The molecule has 18 heavy (non-hydrogen) atoms. The molecule has 0 N–H and O–H groups in total. The molecule has 0 unspecified atom stereocenters. The summed E-state index contributed by atoms with van der Waals surface area (Å²) in [5.41, 5.74) is 3.60. The van der Waals surface area contributed by atoms with E-state index >= 15 is 0 Å². The van der Waals surface area contributed by atoms with Gasteiger partial charge >= 0.3 is 0 Å². The number of nitrogens with zero attached hydrogens (tertiary/aromatic N) is 4. The van der Waals surface area contributed by atoms with E-state index in [1.54, 1.807) is 18.7 Å². The van der Waals surface area contributed by atoms with Crippen molar-refractivity contribution in [2.45, 2.75) is 0 Å². The number of rotatable bonds is 0. The first-order chi connectivity index (χ1) is 8.93. The van der Waals surface area contributed by atoms with Crippen LogP contribution < -0.4 is 0 Å². The molecule has 4 rings (SSSR count). The van der Waals surface area contributed by atoms with E-state index in [1.165, 1.54) is 0 Å². The highest BCUT2D eigenvalue weighted by Crippen LogP contribution is 2.27. The third kappa shape index (κ3) is 1.20. The van der Waals surface area contributed by atoms with Gasteiger partial charge < -0.3 is 0 Å². The molecule has 4 nitrogen and oxygen atoms in total. The van der Waals surface area contributed by atoms with E-state index in [0.717, 1.165) is 32.8 Å². The quantitative estimate of drug-likeness (QED) is 0.467. The summed E-state index contributed by atoms with van der Waals surface area (Å²) in [6.07, 6.45) is 5.10. The third-order valence-electron chi connectivity index (χ3n) is 3.07. The summed E-state index contributed by atoms with van der Waals surface area (Å²) in [4.78, 5) is 17.3. The van der Waals surface area contributed by atoms with Crippen molar-refractivity contribution in [1.29, 1.82) is 0 Å². The van der Waals surface area contributed by atoms with Gasteiger partial charge in [-0.25, -0.2) is 9.97 Å². The Morgan fingerprint density at radius 3 is 2.11 bits per heavy atom. The molecule has 0 amide bonds. The highest BCUT2D eigenvalue weighted by atomic mass is 14.9. The van der Waals surface area contributed by atoms with Crippen molar-refractivity contribution >= 4 is 32.8 Å². The molecule has 0 aliphatic rings. The maximum Gasteiger partial charge on any atom is 0.116 e. The molecule has 2 heterocycles. The third-order valence-corrected chi connectivity index (χ3v) is 3.07. The van der Waals surface area contributed by atoms with Crippen LogP contribution >= 0.6 is 0 Å². The van der Waals surface area contributed by atoms with Crippen LogP contribution in [0.3, 0.4) is 0 Å². The fourth-order valence-electron chi connectivity index (χ4n) is 2.26. The highest BCUT2D eigenvalue weighted by molar-refractivity contribution is 6.13. The zero-order chi connectivity index (χ0) is 11.9. The minimum absolute atomic E-state index is 0.881. The van der Waals surface area contributed by atoms with Crippen LogP contribution in [0.1, 0.15) is 0 Å². The first-order valence-corrected chi connectivity index (χ1v) is 5.67. The van der Waals surface area contributed by atoms with Gasteiger partial charge in [0.05, 0.1) is 22.1 Å². The van der Waals surface area contributed by atoms with Crippen molar-refractivity contribution in [3.05, 3.63) is 49.1 Å². The van der Waals surface area contributed by atoms with Crippen LogP contribution in [0.15, 0.2) is 49.1 Å². The van der Waals surface area contributed by atoms with Crippen LogP contribution in [-0.4, -0.2) is 19.9 Å². The topological polar surface area (TPSA) is 51.6 Å². The molecule has 0 radical (unpaired) electrons. The normalized spacial score (nSPS) is 11.3. The van der Waals surface area contributed by atoms with E-state index in [-0.39, 0.29) is 0 Å². The zero-order valence-electron chi connectivity index (χ0n) is 9.41. The maximum absolute atomic E-state index is 4.45. The van der Waals surface area contributed by atoms with Gasteiger partial charge in [-0.15, -0.1) is 0 Å². The number of imidazole rings is 1. The maximum atomic E-state index is 4.45. The van der Waals surface area contributed by atoms with E-state index in [9.17, 15) is 0 Å². The lowest BCUT2D eigenvalue weighted by atomic mass is 10.1. The number of hydrogen-bond acceptors (Lipinski definition) is 4. The van der Waals surface area contributed by atoms with Crippen LogP contribution in [0, 0.1) is 0 Å².